The van der Waals surface area contributed by atoms with Crippen molar-refractivity contribution in [3.8, 4) is 0 Å². The van der Waals surface area contributed by atoms with E-state index in [9.17, 15) is 28.8 Å². The molecule has 13 nitrogen and oxygen atoms in total. The summed E-state index contributed by atoms with van der Waals surface area (Å²) >= 11 is 2.27. The average molecular weight is 787 g/mol. The normalized spacial score (nSPS) is 19.6. The van der Waals surface area contributed by atoms with Crippen LogP contribution in [0.5, 0.6) is 0 Å². The summed E-state index contributed by atoms with van der Waals surface area (Å²) in [5.74, 6) is -3.49. The summed E-state index contributed by atoms with van der Waals surface area (Å²) in [6.07, 6.45) is 12.1. The lowest BCUT2D eigenvalue weighted by Gasteiger charge is -2.33. The fourth-order valence-electron chi connectivity index (χ4n) is 6.43. The second-order valence-corrected chi connectivity index (χ2v) is 15.3. The van der Waals surface area contributed by atoms with Crippen molar-refractivity contribution in [3.63, 3.8) is 0 Å². The number of fused-ring (bicyclic) bond motifs is 2. The first-order chi connectivity index (χ1) is 25.5. The monoisotopic (exact) mass is 786 g/mol. The summed E-state index contributed by atoms with van der Waals surface area (Å²) in [5.41, 5.74) is 6.81. The van der Waals surface area contributed by atoms with Crippen LogP contribution in [-0.4, -0.2) is 89.6 Å². The van der Waals surface area contributed by atoms with E-state index in [2.05, 4.69) is 5.32 Å². The predicted molar refractivity (Wildman–Crippen MR) is 211 cm³/mol. The number of amides is 3. The molecule has 2 aromatic carbocycles. The second-order valence-electron chi connectivity index (χ2n) is 13.0. The van der Waals surface area contributed by atoms with Gasteiger partial charge >= 0.3 is 17.9 Å². The fourth-order valence-corrected chi connectivity index (χ4v) is 8.63. The maximum Gasteiger partial charge on any atom is 0.329 e. The number of aliphatic carboxylic acids is 1. The summed E-state index contributed by atoms with van der Waals surface area (Å²) in [5, 5.41) is 9.93. The Morgan fingerprint density at radius 2 is 1.15 bits per heavy atom. The first-order valence-corrected chi connectivity index (χ1v) is 20.0. The zero-order valence-corrected chi connectivity index (χ0v) is 32.0. The number of nitrogens with two attached hydrogens (primary N) is 1. The van der Waals surface area contributed by atoms with Gasteiger partial charge in [0, 0.05) is 21.9 Å². The number of para-hydroxylation sites is 2. The number of rotatable bonds is 9. The number of anilines is 2. The van der Waals surface area contributed by atoms with Gasteiger partial charge in [-0.3, -0.25) is 33.7 Å². The third-order valence-electron chi connectivity index (χ3n) is 9.00. The lowest BCUT2D eigenvalue weighted by Crippen LogP contribution is -2.50. The highest BCUT2D eigenvalue weighted by atomic mass is 32.2. The molecule has 2 aliphatic carbocycles. The molecule has 2 unspecified atom stereocenters. The van der Waals surface area contributed by atoms with Crippen molar-refractivity contribution >= 4 is 70.5 Å². The van der Waals surface area contributed by atoms with Gasteiger partial charge in [0.1, 0.15) is 13.1 Å². The van der Waals surface area contributed by atoms with Gasteiger partial charge in [-0.1, -0.05) is 93.7 Å². The summed E-state index contributed by atoms with van der Waals surface area (Å²) in [4.78, 5) is 76.5. The van der Waals surface area contributed by atoms with Gasteiger partial charge in [-0.15, -0.1) is 0 Å². The van der Waals surface area contributed by atoms with Gasteiger partial charge in [0.15, 0.2) is 10.5 Å². The van der Waals surface area contributed by atoms with Crippen LogP contribution in [0.15, 0.2) is 58.3 Å². The molecule has 0 aromatic heterocycles. The molecule has 4 N–H and O–H groups in total. The number of esters is 2. The van der Waals surface area contributed by atoms with Crippen molar-refractivity contribution in [2.75, 3.05) is 36.1 Å². The largest absolute Gasteiger partial charge is 0.480 e. The first-order valence-electron chi connectivity index (χ1n) is 18.3. The molecule has 2 heterocycles. The van der Waals surface area contributed by atoms with Gasteiger partial charge in [0.05, 0.1) is 24.6 Å². The highest BCUT2D eigenvalue weighted by molar-refractivity contribution is 8.02. The van der Waals surface area contributed by atoms with Gasteiger partial charge in [0.2, 0.25) is 5.91 Å². The molecule has 0 bridgehead atoms. The number of carboxylic acids is 1. The molecular weight excluding hydrogens is 733 g/mol. The Labute approximate surface area is 326 Å². The third kappa shape index (κ3) is 12.5. The average Bonchev–Trinajstić information content (AvgIpc) is 3.15. The van der Waals surface area contributed by atoms with Crippen LogP contribution in [0.4, 0.5) is 11.4 Å². The number of thioether (sulfide) groups is 2. The van der Waals surface area contributed by atoms with Gasteiger partial charge in [-0.25, -0.2) is 0 Å². The first kappa shape index (κ1) is 44.3. The number of hydrogen-bond donors (Lipinski definition) is 3. The van der Waals surface area contributed by atoms with Crippen molar-refractivity contribution in [2.24, 2.45) is 5.73 Å². The Kier molecular flexibility index (Phi) is 18.3. The van der Waals surface area contributed by atoms with Crippen LogP contribution in [0.25, 0.3) is 0 Å². The van der Waals surface area contributed by atoms with E-state index in [4.69, 9.17) is 20.3 Å². The molecule has 2 atom stereocenters. The van der Waals surface area contributed by atoms with Crippen LogP contribution in [0.3, 0.4) is 0 Å². The van der Waals surface area contributed by atoms with E-state index in [1.54, 1.807) is 44.2 Å². The molecule has 2 fully saturated rings. The molecule has 2 aromatic rings. The van der Waals surface area contributed by atoms with E-state index in [0.717, 1.165) is 47.2 Å². The SMILES string of the molecule is C.CCOC(=O)C1Sc2ccccc2N(CC(=O)NC2CCCCC2)C1=O.CCOC(=O)C1Sc2ccccc2N(CC(=O)O)C1=O.NC1CCCCC1. The lowest BCUT2D eigenvalue weighted by molar-refractivity contribution is -0.146. The molecule has 4 aliphatic rings. The standard InChI is InChI=1S/C19H24N2O4S.C13H13NO5S.C6H13N.CH4/c1-2-25-19(24)17-18(23)21(14-10-6-7-11-15(14)26-17)12-16(22)20-13-8-4-3-5-9-13;1-2-19-13(18)11-12(17)14(7-10(15)16)8-5-3-4-6-9(8)20-11;7-6-4-2-1-3-5-6;/h6-7,10-11,13,17H,2-5,8-9,12H2,1H3,(H,20,22);3-6,11H,2,7H2,1H3,(H,15,16);6H,1-5,7H2;1H4. The van der Waals surface area contributed by atoms with E-state index < -0.39 is 46.8 Å². The second kappa shape index (κ2) is 22.3. The van der Waals surface area contributed by atoms with Crippen molar-refractivity contribution < 1.29 is 43.3 Å². The smallest absolute Gasteiger partial charge is 0.329 e. The number of carbonyl (C=O) groups is 6. The zero-order chi connectivity index (χ0) is 38.3. The molecule has 54 heavy (non-hydrogen) atoms. The summed E-state index contributed by atoms with van der Waals surface area (Å²) in [7, 11) is 0. The quantitative estimate of drug-likeness (QED) is 0.213. The Morgan fingerprint density at radius 3 is 1.56 bits per heavy atom. The van der Waals surface area contributed by atoms with Crippen LogP contribution in [0.2, 0.25) is 0 Å². The number of nitrogens with one attached hydrogen (secondary N) is 1. The van der Waals surface area contributed by atoms with Gasteiger partial charge in [-0.05, 0) is 63.8 Å². The van der Waals surface area contributed by atoms with Crippen LogP contribution < -0.4 is 20.9 Å². The molecule has 6 rings (SSSR count). The maximum absolute atomic E-state index is 12.9. The molecule has 2 aliphatic heterocycles. The molecule has 2 saturated carbocycles. The maximum atomic E-state index is 12.9. The number of benzene rings is 2. The topological polar surface area (TPSA) is 186 Å². The minimum atomic E-state index is -1.14. The van der Waals surface area contributed by atoms with E-state index in [1.165, 1.54) is 55.2 Å². The molecule has 0 spiro atoms. The van der Waals surface area contributed by atoms with E-state index in [0.29, 0.717) is 22.3 Å². The third-order valence-corrected chi connectivity index (χ3v) is 11.5. The van der Waals surface area contributed by atoms with Gasteiger partial charge in [0.25, 0.3) is 11.8 Å². The van der Waals surface area contributed by atoms with E-state index in [-0.39, 0.29) is 39.1 Å². The minimum absolute atomic E-state index is 0. The molecule has 15 heteroatoms. The highest BCUT2D eigenvalue weighted by Crippen LogP contribution is 2.40. The van der Waals surface area contributed by atoms with Crippen molar-refractivity contribution in [1.82, 2.24) is 5.32 Å². The van der Waals surface area contributed by atoms with Crippen molar-refractivity contribution in [2.45, 2.75) is 118 Å². The van der Waals surface area contributed by atoms with Gasteiger partial charge in [-0.2, -0.15) is 0 Å². The van der Waals surface area contributed by atoms with Crippen molar-refractivity contribution in [3.05, 3.63) is 48.5 Å². The Balaban J connectivity index is 0.000000247. The Morgan fingerprint density at radius 1 is 0.722 bits per heavy atom. The number of carboxylic acid groups (broad SMARTS) is 1. The van der Waals surface area contributed by atoms with E-state index in [1.807, 2.05) is 18.2 Å². The molecule has 0 radical (unpaired) electrons. The number of hydrogen-bond acceptors (Lipinski definition) is 11. The summed E-state index contributed by atoms with van der Waals surface area (Å²) in [6.45, 7) is 3.18. The lowest BCUT2D eigenvalue weighted by atomic mass is 9.95. The summed E-state index contributed by atoms with van der Waals surface area (Å²) in [6, 6.07) is 14.9. The van der Waals surface area contributed by atoms with Crippen molar-refractivity contribution in [1.29, 1.82) is 0 Å². The molecule has 3 amide bonds. The highest BCUT2D eigenvalue weighted by Gasteiger charge is 2.41. The Bertz CT molecular complexity index is 1600. The van der Waals surface area contributed by atoms with E-state index >= 15 is 0 Å². The minimum Gasteiger partial charge on any atom is -0.480 e. The molecule has 0 saturated heterocycles. The van der Waals surface area contributed by atoms with Gasteiger partial charge < -0.3 is 30.5 Å². The molecule has 296 valence electrons. The van der Waals surface area contributed by atoms with Crippen LogP contribution in [0.1, 0.15) is 85.5 Å². The Hall–Kier alpha value is -4.08. The van der Waals surface area contributed by atoms with Crippen LogP contribution >= 0.6 is 23.5 Å². The number of carbonyl (C=O) groups excluding carboxylic acids is 5. The number of ether oxygens (including phenoxy) is 2. The number of nitrogens with zero attached hydrogens (tertiary/aromatic N) is 2. The van der Waals surface area contributed by atoms with Crippen LogP contribution in [-0.2, 0) is 38.2 Å². The predicted octanol–water partition coefficient (Wildman–Crippen LogP) is 5.56. The molecular formula is C39H54N4O9S2. The van der Waals surface area contributed by atoms with Crippen LogP contribution in [0, 0.1) is 0 Å². The zero-order valence-electron chi connectivity index (χ0n) is 30.3. The summed E-state index contributed by atoms with van der Waals surface area (Å²) < 4.78 is 9.90. The fraction of sp³-hybridized carbons (Fsp3) is 0.538.